The fraction of sp³-hybridized carbons (Fsp3) is 0.250. The molecule has 112 valence electrons. The second-order valence-electron chi connectivity index (χ2n) is 4.91. The average molecular weight is 305 g/mol. The normalized spacial score (nSPS) is 11.4. The maximum atomic E-state index is 12.9. The summed E-state index contributed by atoms with van der Waals surface area (Å²) in [4.78, 5) is 0.278. The van der Waals surface area contributed by atoms with Crippen molar-refractivity contribution in [3.05, 3.63) is 59.7 Å². The third kappa shape index (κ3) is 3.25. The van der Waals surface area contributed by atoms with Crippen LogP contribution in [0.1, 0.15) is 11.1 Å². The van der Waals surface area contributed by atoms with Gasteiger partial charge in [0.15, 0.2) is 0 Å². The van der Waals surface area contributed by atoms with Crippen molar-refractivity contribution in [2.75, 3.05) is 17.5 Å². The molecule has 5 heteroatoms. The molecule has 0 radical (unpaired) electrons. The first-order valence-electron chi connectivity index (χ1n) is 6.72. The molecule has 0 amide bonds. The number of para-hydroxylation sites is 1. The van der Waals surface area contributed by atoms with Crippen LogP contribution in [-0.4, -0.2) is 26.7 Å². The van der Waals surface area contributed by atoms with Crippen LogP contribution in [0.4, 0.5) is 5.69 Å². The summed E-state index contributed by atoms with van der Waals surface area (Å²) in [5.74, 6) is 0. The SMILES string of the molecule is Cc1ccc(C)c(S(=O)(=O)N(CCO)c2ccccc2)c1. The fourth-order valence-electron chi connectivity index (χ4n) is 2.18. The molecule has 0 saturated heterocycles. The summed E-state index contributed by atoms with van der Waals surface area (Å²) in [6.07, 6.45) is 0. The molecular weight excluding hydrogens is 286 g/mol. The van der Waals surface area contributed by atoms with E-state index < -0.39 is 10.0 Å². The first-order chi connectivity index (χ1) is 9.96. The highest BCUT2D eigenvalue weighted by Gasteiger charge is 2.26. The number of rotatable bonds is 5. The number of aliphatic hydroxyl groups excluding tert-OH is 1. The van der Waals surface area contributed by atoms with E-state index in [0.29, 0.717) is 11.3 Å². The Morgan fingerprint density at radius 3 is 2.33 bits per heavy atom. The molecule has 0 aliphatic heterocycles. The van der Waals surface area contributed by atoms with Crippen LogP contribution in [-0.2, 0) is 10.0 Å². The monoisotopic (exact) mass is 305 g/mol. The predicted molar refractivity (Wildman–Crippen MR) is 84.0 cm³/mol. The van der Waals surface area contributed by atoms with Crippen LogP contribution in [0.15, 0.2) is 53.4 Å². The zero-order valence-electron chi connectivity index (χ0n) is 12.2. The van der Waals surface area contributed by atoms with Gasteiger partial charge in [-0.05, 0) is 43.2 Å². The maximum Gasteiger partial charge on any atom is 0.264 e. The van der Waals surface area contributed by atoms with Crippen LogP contribution in [0, 0.1) is 13.8 Å². The van der Waals surface area contributed by atoms with Gasteiger partial charge in [0.1, 0.15) is 0 Å². The van der Waals surface area contributed by atoms with Crippen molar-refractivity contribution in [1.29, 1.82) is 0 Å². The highest BCUT2D eigenvalue weighted by Crippen LogP contribution is 2.26. The zero-order chi connectivity index (χ0) is 15.5. The van der Waals surface area contributed by atoms with E-state index in [4.69, 9.17) is 0 Å². The summed E-state index contributed by atoms with van der Waals surface area (Å²) in [6.45, 7) is 3.42. The summed E-state index contributed by atoms with van der Waals surface area (Å²) in [5, 5.41) is 9.23. The Hall–Kier alpha value is -1.85. The molecule has 0 spiro atoms. The average Bonchev–Trinajstić information content (AvgIpc) is 2.48. The van der Waals surface area contributed by atoms with E-state index in [9.17, 15) is 13.5 Å². The minimum absolute atomic E-state index is 0.0275. The van der Waals surface area contributed by atoms with Gasteiger partial charge in [-0.1, -0.05) is 30.3 Å². The number of anilines is 1. The van der Waals surface area contributed by atoms with Gasteiger partial charge in [0.05, 0.1) is 23.7 Å². The van der Waals surface area contributed by atoms with E-state index in [1.807, 2.05) is 19.1 Å². The third-order valence-electron chi connectivity index (χ3n) is 3.26. The van der Waals surface area contributed by atoms with Crippen LogP contribution in [0.25, 0.3) is 0 Å². The molecular formula is C16H19NO3S. The standard InChI is InChI=1S/C16H19NO3S/c1-13-8-9-14(2)16(12-13)21(19,20)17(10-11-18)15-6-4-3-5-7-15/h3-9,12,18H,10-11H2,1-2H3. The number of benzene rings is 2. The molecule has 0 aliphatic rings. The number of hydrogen-bond acceptors (Lipinski definition) is 3. The van der Waals surface area contributed by atoms with Gasteiger partial charge in [-0.3, -0.25) is 4.31 Å². The Balaban J connectivity index is 2.55. The van der Waals surface area contributed by atoms with E-state index in [1.165, 1.54) is 4.31 Å². The molecule has 2 rings (SSSR count). The van der Waals surface area contributed by atoms with Crippen LogP contribution in [0.2, 0.25) is 0 Å². The van der Waals surface area contributed by atoms with Gasteiger partial charge in [-0.25, -0.2) is 8.42 Å². The summed E-state index contributed by atoms with van der Waals surface area (Å²) in [5.41, 5.74) is 2.13. The molecule has 2 aromatic carbocycles. The summed E-state index contributed by atoms with van der Waals surface area (Å²) < 4.78 is 27.1. The summed E-state index contributed by atoms with van der Waals surface area (Å²) in [6, 6.07) is 14.2. The van der Waals surface area contributed by atoms with Crippen molar-refractivity contribution in [3.63, 3.8) is 0 Å². The van der Waals surface area contributed by atoms with Crippen molar-refractivity contribution in [3.8, 4) is 0 Å². The van der Waals surface area contributed by atoms with E-state index in [2.05, 4.69) is 0 Å². The lowest BCUT2D eigenvalue weighted by Gasteiger charge is -2.24. The fourth-order valence-corrected chi connectivity index (χ4v) is 3.95. The van der Waals surface area contributed by atoms with Crippen molar-refractivity contribution < 1.29 is 13.5 Å². The Bertz CT molecular complexity index is 712. The van der Waals surface area contributed by atoms with Crippen LogP contribution < -0.4 is 4.31 Å². The smallest absolute Gasteiger partial charge is 0.264 e. The molecule has 21 heavy (non-hydrogen) atoms. The van der Waals surface area contributed by atoms with E-state index >= 15 is 0 Å². The Kier molecular flexibility index (Phi) is 4.65. The van der Waals surface area contributed by atoms with Gasteiger partial charge < -0.3 is 5.11 Å². The molecule has 0 saturated carbocycles. The van der Waals surface area contributed by atoms with Gasteiger partial charge in [0.25, 0.3) is 10.0 Å². The second kappa shape index (κ2) is 6.28. The summed E-state index contributed by atoms with van der Waals surface area (Å²) in [7, 11) is -3.70. The lowest BCUT2D eigenvalue weighted by atomic mass is 10.2. The van der Waals surface area contributed by atoms with Gasteiger partial charge in [-0.2, -0.15) is 0 Å². The quantitative estimate of drug-likeness (QED) is 0.923. The molecule has 0 unspecified atom stereocenters. The molecule has 0 aliphatic carbocycles. The highest BCUT2D eigenvalue weighted by atomic mass is 32.2. The lowest BCUT2D eigenvalue weighted by Crippen LogP contribution is -2.34. The third-order valence-corrected chi connectivity index (χ3v) is 5.23. The number of aliphatic hydroxyl groups is 1. The van der Waals surface area contributed by atoms with Crippen LogP contribution in [0.3, 0.4) is 0 Å². The number of aryl methyl sites for hydroxylation is 2. The predicted octanol–water partition coefficient (Wildman–Crippen LogP) is 2.49. The minimum Gasteiger partial charge on any atom is -0.394 e. The zero-order valence-corrected chi connectivity index (χ0v) is 13.0. The molecule has 0 atom stereocenters. The van der Waals surface area contributed by atoms with Crippen molar-refractivity contribution in [2.45, 2.75) is 18.7 Å². The number of hydrogen-bond donors (Lipinski definition) is 1. The molecule has 0 heterocycles. The molecule has 4 nitrogen and oxygen atoms in total. The number of nitrogens with zero attached hydrogens (tertiary/aromatic N) is 1. The topological polar surface area (TPSA) is 57.6 Å². The lowest BCUT2D eigenvalue weighted by molar-refractivity contribution is 0.306. The first kappa shape index (κ1) is 15.5. The highest BCUT2D eigenvalue weighted by molar-refractivity contribution is 7.92. The maximum absolute atomic E-state index is 12.9. The second-order valence-corrected chi connectivity index (χ2v) is 6.74. The Labute approximate surface area is 125 Å². The molecule has 0 fully saturated rings. The van der Waals surface area contributed by atoms with Crippen molar-refractivity contribution >= 4 is 15.7 Å². The molecule has 0 bridgehead atoms. The van der Waals surface area contributed by atoms with E-state index in [0.717, 1.165) is 5.56 Å². The molecule has 0 aromatic heterocycles. The van der Waals surface area contributed by atoms with Gasteiger partial charge in [-0.15, -0.1) is 0 Å². The summed E-state index contributed by atoms with van der Waals surface area (Å²) >= 11 is 0. The Morgan fingerprint density at radius 1 is 1.05 bits per heavy atom. The minimum atomic E-state index is -3.70. The van der Waals surface area contributed by atoms with E-state index in [1.54, 1.807) is 43.3 Å². The van der Waals surface area contributed by atoms with Gasteiger partial charge in [0.2, 0.25) is 0 Å². The van der Waals surface area contributed by atoms with Crippen molar-refractivity contribution in [2.24, 2.45) is 0 Å². The van der Waals surface area contributed by atoms with Gasteiger partial charge in [0, 0.05) is 0 Å². The molecule has 1 N–H and O–H groups in total. The number of sulfonamides is 1. The van der Waals surface area contributed by atoms with E-state index in [-0.39, 0.29) is 18.0 Å². The molecule has 2 aromatic rings. The van der Waals surface area contributed by atoms with Crippen LogP contribution in [0.5, 0.6) is 0 Å². The van der Waals surface area contributed by atoms with Crippen LogP contribution >= 0.6 is 0 Å². The first-order valence-corrected chi connectivity index (χ1v) is 8.16. The largest absolute Gasteiger partial charge is 0.394 e. The Morgan fingerprint density at radius 2 is 1.71 bits per heavy atom. The van der Waals surface area contributed by atoms with Gasteiger partial charge >= 0.3 is 0 Å². The van der Waals surface area contributed by atoms with Crippen molar-refractivity contribution in [1.82, 2.24) is 0 Å².